The number of carbonyl (C=O) groups excluding carboxylic acids is 2. The van der Waals surface area contributed by atoms with Crippen LogP contribution in [0.25, 0.3) is 0 Å². The molecule has 0 spiro atoms. The van der Waals surface area contributed by atoms with Crippen molar-refractivity contribution in [3.8, 4) is 0 Å². The van der Waals surface area contributed by atoms with E-state index in [-0.39, 0.29) is 29.2 Å². The summed E-state index contributed by atoms with van der Waals surface area (Å²) in [6.07, 6.45) is 1.82. The first kappa shape index (κ1) is 13.7. The minimum absolute atomic E-state index is 0.0550. The Morgan fingerprint density at radius 1 is 1.35 bits per heavy atom. The van der Waals surface area contributed by atoms with Crippen LogP contribution in [0.15, 0.2) is 11.6 Å². The Labute approximate surface area is 102 Å². The number of hydrogen-bond acceptors (Lipinski definition) is 4. The summed E-state index contributed by atoms with van der Waals surface area (Å²) in [6, 6.07) is 0. The van der Waals surface area contributed by atoms with Crippen LogP contribution in [0.3, 0.4) is 0 Å². The summed E-state index contributed by atoms with van der Waals surface area (Å²) in [7, 11) is 1.38. The zero-order chi connectivity index (χ0) is 13.2. The van der Waals surface area contributed by atoms with Gasteiger partial charge in [-0.1, -0.05) is 19.9 Å². The standard InChI is InChI=1S/C13H20O4/c1-6-17-11(14)8(2)7-9-10(12(15)16-5)13(9,3)4/h7,9-10H,6H2,1-5H3/b8-7+. The van der Waals surface area contributed by atoms with E-state index < -0.39 is 0 Å². The van der Waals surface area contributed by atoms with Crippen LogP contribution in [0.5, 0.6) is 0 Å². The van der Waals surface area contributed by atoms with E-state index in [2.05, 4.69) is 0 Å². The molecule has 0 aromatic rings. The van der Waals surface area contributed by atoms with Crippen LogP contribution in [0, 0.1) is 17.3 Å². The molecule has 4 nitrogen and oxygen atoms in total. The van der Waals surface area contributed by atoms with Gasteiger partial charge in [-0.2, -0.15) is 0 Å². The molecule has 96 valence electrons. The number of rotatable bonds is 4. The highest BCUT2D eigenvalue weighted by Gasteiger charge is 2.61. The van der Waals surface area contributed by atoms with Crippen LogP contribution < -0.4 is 0 Å². The van der Waals surface area contributed by atoms with Gasteiger partial charge < -0.3 is 9.47 Å². The smallest absolute Gasteiger partial charge is 0.333 e. The molecule has 0 saturated heterocycles. The van der Waals surface area contributed by atoms with E-state index >= 15 is 0 Å². The molecule has 2 atom stereocenters. The second kappa shape index (κ2) is 4.90. The molecule has 1 aliphatic carbocycles. The molecule has 0 aromatic carbocycles. The van der Waals surface area contributed by atoms with Gasteiger partial charge in [0.05, 0.1) is 19.6 Å². The van der Waals surface area contributed by atoms with Crippen molar-refractivity contribution in [1.29, 1.82) is 0 Å². The first-order valence-corrected chi connectivity index (χ1v) is 5.79. The highest BCUT2D eigenvalue weighted by atomic mass is 16.5. The molecular weight excluding hydrogens is 220 g/mol. The van der Waals surface area contributed by atoms with Crippen molar-refractivity contribution in [2.75, 3.05) is 13.7 Å². The van der Waals surface area contributed by atoms with Gasteiger partial charge >= 0.3 is 11.9 Å². The van der Waals surface area contributed by atoms with Crippen molar-refractivity contribution in [3.05, 3.63) is 11.6 Å². The van der Waals surface area contributed by atoms with Gasteiger partial charge in [-0.25, -0.2) is 4.79 Å². The quantitative estimate of drug-likeness (QED) is 0.556. The topological polar surface area (TPSA) is 52.6 Å². The summed E-state index contributed by atoms with van der Waals surface area (Å²) < 4.78 is 9.64. The second-order valence-electron chi connectivity index (χ2n) is 4.92. The predicted octanol–water partition coefficient (Wildman–Crippen LogP) is 1.94. The summed E-state index contributed by atoms with van der Waals surface area (Å²) in [5.74, 6) is -0.636. The van der Waals surface area contributed by atoms with Crippen LogP contribution in [0.4, 0.5) is 0 Å². The summed E-state index contributed by atoms with van der Waals surface area (Å²) >= 11 is 0. The van der Waals surface area contributed by atoms with Crippen molar-refractivity contribution in [2.24, 2.45) is 17.3 Å². The number of ether oxygens (including phenoxy) is 2. The van der Waals surface area contributed by atoms with E-state index in [1.807, 2.05) is 19.9 Å². The molecule has 1 aliphatic rings. The zero-order valence-electron chi connectivity index (χ0n) is 11.1. The lowest BCUT2D eigenvalue weighted by molar-refractivity contribution is -0.143. The van der Waals surface area contributed by atoms with Crippen LogP contribution >= 0.6 is 0 Å². The molecule has 1 saturated carbocycles. The molecule has 1 rings (SSSR count). The Hall–Kier alpha value is -1.32. The first-order chi connectivity index (χ1) is 7.86. The Kier molecular flexibility index (Phi) is 3.96. The molecule has 0 N–H and O–H groups in total. The van der Waals surface area contributed by atoms with E-state index in [1.54, 1.807) is 13.8 Å². The summed E-state index contributed by atoms with van der Waals surface area (Å²) in [5, 5.41) is 0. The number of allylic oxidation sites excluding steroid dienone is 1. The molecule has 1 fully saturated rings. The van der Waals surface area contributed by atoms with E-state index in [0.717, 1.165) is 0 Å². The van der Waals surface area contributed by atoms with E-state index in [4.69, 9.17) is 9.47 Å². The fourth-order valence-corrected chi connectivity index (χ4v) is 2.15. The van der Waals surface area contributed by atoms with Gasteiger partial charge in [-0.3, -0.25) is 4.79 Å². The lowest BCUT2D eigenvalue weighted by Crippen LogP contribution is -2.07. The molecule has 0 heterocycles. The van der Waals surface area contributed by atoms with Gasteiger partial charge in [0, 0.05) is 5.57 Å². The van der Waals surface area contributed by atoms with Crippen LogP contribution in [-0.2, 0) is 19.1 Å². The Morgan fingerprint density at radius 2 is 1.94 bits per heavy atom. The molecule has 17 heavy (non-hydrogen) atoms. The van der Waals surface area contributed by atoms with Gasteiger partial charge in [0.2, 0.25) is 0 Å². The maximum absolute atomic E-state index is 11.5. The first-order valence-electron chi connectivity index (χ1n) is 5.79. The minimum atomic E-state index is -0.321. The number of methoxy groups -OCH3 is 1. The van der Waals surface area contributed by atoms with Crippen molar-refractivity contribution in [1.82, 2.24) is 0 Å². The van der Waals surface area contributed by atoms with Gasteiger partial charge in [0.25, 0.3) is 0 Å². The maximum atomic E-state index is 11.5. The third-order valence-corrected chi connectivity index (χ3v) is 3.39. The normalized spacial score (nSPS) is 26.3. The molecule has 4 heteroatoms. The van der Waals surface area contributed by atoms with Gasteiger partial charge in [0.15, 0.2) is 0 Å². The maximum Gasteiger partial charge on any atom is 0.333 e. The highest BCUT2D eigenvalue weighted by molar-refractivity contribution is 5.88. The summed E-state index contributed by atoms with van der Waals surface area (Å²) in [5.41, 5.74) is 0.414. The van der Waals surface area contributed by atoms with Crippen molar-refractivity contribution in [3.63, 3.8) is 0 Å². The summed E-state index contributed by atoms with van der Waals surface area (Å²) in [6.45, 7) is 7.82. The Morgan fingerprint density at radius 3 is 2.41 bits per heavy atom. The van der Waals surface area contributed by atoms with E-state index in [0.29, 0.717) is 12.2 Å². The molecule has 0 bridgehead atoms. The highest BCUT2D eigenvalue weighted by Crippen LogP contribution is 2.59. The molecular formula is C13H20O4. The van der Waals surface area contributed by atoms with Gasteiger partial charge in [0.1, 0.15) is 0 Å². The third-order valence-electron chi connectivity index (χ3n) is 3.39. The Balaban J connectivity index is 2.73. The second-order valence-corrected chi connectivity index (χ2v) is 4.92. The van der Waals surface area contributed by atoms with Gasteiger partial charge in [-0.05, 0) is 25.2 Å². The SMILES string of the molecule is CCOC(=O)/C(C)=C/C1C(C(=O)OC)C1(C)C. The zero-order valence-corrected chi connectivity index (χ0v) is 11.1. The molecule has 2 unspecified atom stereocenters. The number of carbonyl (C=O) groups is 2. The fourth-order valence-electron chi connectivity index (χ4n) is 2.15. The molecule has 0 aromatic heterocycles. The third kappa shape index (κ3) is 2.68. The average Bonchev–Trinajstić information content (AvgIpc) is 2.79. The summed E-state index contributed by atoms with van der Waals surface area (Å²) in [4.78, 5) is 23.0. The largest absolute Gasteiger partial charge is 0.469 e. The average molecular weight is 240 g/mol. The lowest BCUT2D eigenvalue weighted by Gasteiger charge is -2.02. The minimum Gasteiger partial charge on any atom is -0.469 e. The van der Waals surface area contributed by atoms with Crippen molar-refractivity contribution in [2.45, 2.75) is 27.7 Å². The van der Waals surface area contributed by atoms with E-state index in [9.17, 15) is 9.59 Å². The molecule has 0 aliphatic heterocycles. The number of hydrogen-bond donors (Lipinski definition) is 0. The Bertz CT molecular complexity index is 354. The lowest BCUT2D eigenvalue weighted by atomic mass is 10.1. The molecule has 0 amide bonds. The van der Waals surface area contributed by atoms with Crippen LogP contribution in [0.2, 0.25) is 0 Å². The fraction of sp³-hybridized carbons (Fsp3) is 0.692. The van der Waals surface area contributed by atoms with Crippen LogP contribution in [-0.4, -0.2) is 25.7 Å². The molecule has 0 radical (unpaired) electrons. The van der Waals surface area contributed by atoms with Crippen LogP contribution in [0.1, 0.15) is 27.7 Å². The van der Waals surface area contributed by atoms with E-state index in [1.165, 1.54) is 7.11 Å². The predicted molar refractivity (Wildman–Crippen MR) is 63.2 cm³/mol. The van der Waals surface area contributed by atoms with Gasteiger partial charge in [-0.15, -0.1) is 0 Å². The number of esters is 2. The van der Waals surface area contributed by atoms with Crippen molar-refractivity contribution >= 4 is 11.9 Å². The monoisotopic (exact) mass is 240 g/mol. The van der Waals surface area contributed by atoms with Crippen molar-refractivity contribution < 1.29 is 19.1 Å².